The fourth-order valence-electron chi connectivity index (χ4n) is 1.97. The molecule has 2 atom stereocenters. The lowest BCUT2D eigenvalue weighted by molar-refractivity contribution is -0.123. The lowest BCUT2D eigenvalue weighted by Gasteiger charge is -2.22. The van der Waals surface area contributed by atoms with Crippen LogP contribution in [0.4, 0.5) is 0 Å². The second kappa shape index (κ2) is 6.40. The third-order valence-corrected chi connectivity index (χ3v) is 3.66. The van der Waals surface area contributed by atoms with Crippen LogP contribution in [0.1, 0.15) is 58.7 Å². The van der Waals surface area contributed by atoms with Crippen LogP contribution in [0.3, 0.4) is 0 Å². The van der Waals surface area contributed by atoms with Crippen LogP contribution in [-0.2, 0) is 10.2 Å². The summed E-state index contributed by atoms with van der Waals surface area (Å²) in [5.41, 5.74) is 8.39. The van der Waals surface area contributed by atoms with E-state index >= 15 is 0 Å². The van der Waals surface area contributed by atoms with Crippen LogP contribution < -0.4 is 11.1 Å². The summed E-state index contributed by atoms with van der Waals surface area (Å²) in [6.07, 6.45) is 0. The number of nitrogens with two attached hydrogens (primary N) is 1. The Morgan fingerprint density at radius 3 is 2.00 bits per heavy atom. The topological polar surface area (TPSA) is 55.1 Å². The highest BCUT2D eigenvalue weighted by Gasteiger charge is 2.20. The van der Waals surface area contributed by atoms with Crippen molar-refractivity contribution in [2.45, 2.75) is 59.0 Å². The first-order valence-corrected chi connectivity index (χ1v) is 7.29. The molecule has 0 aliphatic heterocycles. The maximum Gasteiger partial charge on any atom is 0.237 e. The van der Waals surface area contributed by atoms with Crippen molar-refractivity contribution in [1.29, 1.82) is 0 Å². The second-order valence-electron chi connectivity index (χ2n) is 6.87. The molecule has 0 spiro atoms. The van der Waals surface area contributed by atoms with Gasteiger partial charge in [-0.25, -0.2) is 0 Å². The quantitative estimate of drug-likeness (QED) is 0.887. The molecule has 0 bridgehead atoms. The standard InChI is InChI=1S/C17H28N2O/c1-11(2)15(18)16(20)19-12(3)13-7-9-14(10-8-13)17(4,5)6/h7-12,15H,18H2,1-6H3,(H,19,20)/t12?,15-/m0/s1. The zero-order valence-corrected chi connectivity index (χ0v) is 13.5. The number of benzene rings is 1. The molecule has 1 rings (SSSR count). The number of amides is 1. The maximum absolute atomic E-state index is 12.0. The Morgan fingerprint density at radius 2 is 1.60 bits per heavy atom. The minimum atomic E-state index is -0.453. The Kier molecular flexibility index (Phi) is 5.35. The van der Waals surface area contributed by atoms with Crippen LogP contribution in [-0.4, -0.2) is 11.9 Å². The molecule has 3 heteroatoms. The molecule has 0 aromatic heterocycles. The average molecular weight is 276 g/mol. The van der Waals surface area contributed by atoms with Crippen LogP contribution >= 0.6 is 0 Å². The Hall–Kier alpha value is -1.35. The number of carbonyl (C=O) groups excluding carboxylic acids is 1. The molecule has 0 heterocycles. The van der Waals surface area contributed by atoms with Crippen molar-refractivity contribution in [3.63, 3.8) is 0 Å². The number of nitrogens with one attached hydrogen (secondary N) is 1. The summed E-state index contributed by atoms with van der Waals surface area (Å²) in [6.45, 7) is 12.5. The van der Waals surface area contributed by atoms with E-state index < -0.39 is 6.04 Å². The van der Waals surface area contributed by atoms with E-state index in [4.69, 9.17) is 5.73 Å². The van der Waals surface area contributed by atoms with Crippen molar-refractivity contribution < 1.29 is 4.79 Å². The van der Waals surface area contributed by atoms with Crippen LogP contribution in [0.5, 0.6) is 0 Å². The predicted molar refractivity (Wildman–Crippen MR) is 84.5 cm³/mol. The first-order valence-electron chi connectivity index (χ1n) is 7.29. The monoisotopic (exact) mass is 276 g/mol. The molecule has 0 saturated carbocycles. The van der Waals surface area contributed by atoms with Crippen LogP contribution in [0.15, 0.2) is 24.3 Å². The zero-order chi connectivity index (χ0) is 15.5. The van der Waals surface area contributed by atoms with Gasteiger partial charge >= 0.3 is 0 Å². The van der Waals surface area contributed by atoms with Gasteiger partial charge in [-0.3, -0.25) is 4.79 Å². The average Bonchev–Trinajstić information content (AvgIpc) is 2.36. The van der Waals surface area contributed by atoms with Crippen LogP contribution in [0, 0.1) is 5.92 Å². The molecule has 0 aliphatic rings. The van der Waals surface area contributed by atoms with E-state index in [1.807, 2.05) is 20.8 Å². The van der Waals surface area contributed by atoms with Gasteiger partial charge in [0.1, 0.15) is 0 Å². The van der Waals surface area contributed by atoms with Crippen molar-refractivity contribution >= 4 is 5.91 Å². The van der Waals surface area contributed by atoms with E-state index in [2.05, 4.69) is 50.4 Å². The summed E-state index contributed by atoms with van der Waals surface area (Å²) in [4.78, 5) is 12.0. The molecule has 0 saturated heterocycles. The van der Waals surface area contributed by atoms with Gasteiger partial charge in [0, 0.05) is 0 Å². The third kappa shape index (κ3) is 4.34. The molecule has 3 N–H and O–H groups in total. The highest BCUT2D eigenvalue weighted by molar-refractivity contribution is 5.82. The Balaban J connectivity index is 2.74. The highest BCUT2D eigenvalue weighted by Crippen LogP contribution is 2.23. The van der Waals surface area contributed by atoms with Crippen molar-refractivity contribution in [1.82, 2.24) is 5.32 Å². The molecule has 1 unspecified atom stereocenters. The normalized spacial score (nSPS) is 15.0. The molecule has 1 amide bonds. The van der Waals surface area contributed by atoms with Gasteiger partial charge in [0.2, 0.25) is 5.91 Å². The Bertz CT molecular complexity index is 443. The molecular weight excluding hydrogens is 248 g/mol. The van der Waals surface area contributed by atoms with Gasteiger partial charge in [-0.05, 0) is 29.4 Å². The summed E-state index contributed by atoms with van der Waals surface area (Å²) in [5, 5.41) is 2.97. The lowest BCUT2D eigenvalue weighted by Crippen LogP contribution is -2.44. The van der Waals surface area contributed by atoms with E-state index in [1.165, 1.54) is 5.56 Å². The van der Waals surface area contributed by atoms with E-state index in [1.54, 1.807) is 0 Å². The zero-order valence-electron chi connectivity index (χ0n) is 13.5. The summed E-state index contributed by atoms with van der Waals surface area (Å²) in [7, 11) is 0. The van der Waals surface area contributed by atoms with E-state index in [0.29, 0.717) is 0 Å². The summed E-state index contributed by atoms with van der Waals surface area (Å²) >= 11 is 0. The van der Waals surface area contributed by atoms with Crippen molar-refractivity contribution in [3.8, 4) is 0 Å². The summed E-state index contributed by atoms with van der Waals surface area (Å²) in [5.74, 6) is 0.0536. The van der Waals surface area contributed by atoms with Gasteiger partial charge in [0.25, 0.3) is 0 Å². The number of carbonyl (C=O) groups is 1. The third-order valence-electron chi connectivity index (χ3n) is 3.66. The molecule has 1 aromatic rings. The molecule has 112 valence electrons. The fraction of sp³-hybridized carbons (Fsp3) is 0.588. The van der Waals surface area contributed by atoms with Gasteiger partial charge < -0.3 is 11.1 Å². The first-order chi connectivity index (χ1) is 9.12. The molecule has 3 nitrogen and oxygen atoms in total. The van der Waals surface area contributed by atoms with Gasteiger partial charge in [-0.15, -0.1) is 0 Å². The maximum atomic E-state index is 12.0. The lowest BCUT2D eigenvalue weighted by atomic mass is 9.86. The molecule has 0 aliphatic carbocycles. The summed E-state index contributed by atoms with van der Waals surface area (Å²) < 4.78 is 0. The SMILES string of the molecule is CC(NC(=O)[C@@H](N)C(C)C)c1ccc(C(C)(C)C)cc1. The minimum Gasteiger partial charge on any atom is -0.348 e. The van der Waals surface area contributed by atoms with Crippen LogP contribution in [0.25, 0.3) is 0 Å². The van der Waals surface area contributed by atoms with Crippen molar-refractivity contribution in [3.05, 3.63) is 35.4 Å². The van der Waals surface area contributed by atoms with Gasteiger partial charge in [0.15, 0.2) is 0 Å². The molecule has 1 aromatic carbocycles. The van der Waals surface area contributed by atoms with Gasteiger partial charge in [0.05, 0.1) is 12.1 Å². The van der Waals surface area contributed by atoms with Crippen molar-refractivity contribution in [2.24, 2.45) is 11.7 Å². The van der Waals surface area contributed by atoms with Gasteiger partial charge in [-0.1, -0.05) is 58.9 Å². The molecular formula is C17H28N2O. The largest absolute Gasteiger partial charge is 0.348 e. The van der Waals surface area contributed by atoms with E-state index in [9.17, 15) is 4.79 Å². The van der Waals surface area contributed by atoms with Crippen molar-refractivity contribution in [2.75, 3.05) is 0 Å². The number of hydrogen-bond donors (Lipinski definition) is 2. The predicted octanol–water partition coefficient (Wildman–Crippen LogP) is 3.14. The highest BCUT2D eigenvalue weighted by atomic mass is 16.2. The molecule has 0 fully saturated rings. The smallest absolute Gasteiger partial charge is 0.237 e. The van der Waals surface area contributed by atoms with E-state index in [0.717, 1.165) is 5.56 Å². The first kappa shape index (κ1) is 16.7. The number of rotatable bonds is 4. The Labute approximate surface area is 122 Å². The van der Waals surface area contributed by atoms with Gasteiger partial charge in [-0.2, -0.15) is 0 Å². The minimum absolute atomic E-state index is 0.0266. The second-order valence-corrected chi connectivity index (χ2v) is 6.87. The number of hydrogen-bond acceptors (Lipinski definition) is 2. The van der Waals surface area contributed by atoms with E-state index in [-0.39, 0.29) is 23.3 Å². The molecule has 0 radical (unpaired) electrons. The van der Waals surface area contributed by atoms with Crippen LogP contribution in [0.2, 0.25) is 0 Å². The Morgan fingerprint density at radius 1 is 1.10 bits per heavy atom. The fourth-order valence-corrected chi connectivity index (χ4v) is 1.97. The summed E-state index contributed by atoms with van der Waals surface area (Å²) in [6, 6.07) is 7.92. The molecule has 20 heavy (non-hydrogen) atoms.